The number of para-hydroxylation sites is 1. The van der Waals surface area contributed by atoms with Crippen molar-refractivity contribution >= 4 is 5.97 Å². The monoisotopic (exact) mass is 181 g/mol. The average molecular weight is 181 g/mol. The Labute approximate surface area is 75.4 Å². The van der Waals surface area contributed by atoms with E-state index < -0.39 is 12.6 Å². The highest BCUT2D eigenvalue weighted by molar-refractivity contribution is 5.68. The molecule has 0 saturated carbocycles. The van der Waals surface area contributed by atoms with E-state index in [1.165, 1.54) is 6.07 Å². The van der Waals surface area contributed by atoms with E-state index in [2.05, 4.69) is 0 Å². The number of rotatable bonds is 3. The van der Waals surface area contributed by atoms with Crippen molar-refractivity contribution < 1.29 is 19.7 Å². The molecule has 1 N–H and O–H groups in total. The summed E-state index contributed by atoms with van der Waals surface area (Å²) in [5.74, 6) is -1.27. The molecule has 0 bridgehead atoms. The Morgan fingerprint density at radius 3 is 2.77 bits per heavy atom. The van der Waals surface area contributed by atoms with Crippen LogP contribution in [-0.2, 0) is 9.90 Å². The van der Waals surface area contributed by atoms with Crippen LogP contribution in [-0.4, -0.2) is 17.7 Å². The van der Waals surface area contributed by atoms with Gasteiger partial charge >= 0.3 is 5.97 Å². The molecule has 4 heteroatoms. The number of ether oxygens (including phenoxy) is 1. The molecule has 4 nitrogen and oxygen atoms in total. The minimum atomic E-state index is -1.09. The van der Waals surface area contributed by atoms with Gasteiger partial charge in [0.2, 0.25) is 5.75 Å². The summed E-state index contributed by atoms with van der Waals surface area (Å²) in [6, 6.07) is 4.63. The zero-order valence-electron chi connectivity index (χ0n) is 7.11. The molecule has 0 fully saturated rings. The quantitative estimate of drug-likeness (QED) is 0.770. The summed E-state index contributed by atoms with van der Waals surface area (Å²) < 4.78 is 4.82. The van der Waals surface area contributed by atoms with Crippen LogP contribution in [0.15, 0.2) is 18.2 Å². The SMILES string of the molecule is Cc1cccc([O])c1OCC(=O)O. The van der Waals surface area contributed by atoms with Gasteiger partial charge in [-0.05, 0) is 18.6 Å². The van der Waals surface area contributed by atoms with E-state index in [0.29, 0.717) is 5.56 Å². The molecule has 0 atom stereocenters. The van der Waals surface area contributed by atoms with Crippen LogP contribution in [0.3, 0.4) is 0 Å². The van der Waals surface area contributed by atoms with Gasteiger partial charge < -0.3 is 9.84 Å². The predicted octanol–water partition coefficient (Wildman–Crippen LogP) is 1.60. The molecule has 0 aromatic heterocycles. The smallest absolute Gasteiger partial charge is 0.341 e. The predicted molar refractivity (Wildman–Crippen MR) is 44.4 cm³/mol. The van der Waals surface area contributed by atoms with Crippen molar-refractivity contribution in [1.29, 1.82) is 0 Å². The zero-order chi connectivity index (χ0) is 9.84. The van der Waals surface area contributed by atoms with Crippen LogP contribution in [0.25, 0.3) is 0 Å². The molecule has 0 heterocycles. The van der Waals surface area contributed by atoms with Gasteiger partial charge in [0.25, 0.3) is 0 Å². The number of benzene rings is 1. The molecular formula is C9H9O4. The molecule has 13 heavy (non-hydrogen) atoms. The molecule has 1 aromatic carbocycles. The second-order valence-corrected chi connectivity index (χ2v) is 2.58. The summed E-state index contributed by atoms with van der Waals surface area (Å²) >= 11 is 0. The normalized spacial score (nSPS) is 9.62. The minimum Gasteiger partial charge on any atom is -0.479 e. The fourth-order valence-corrected chi connectivity index (χ4v) is 0.944. The van der Waals surface area contributed by atoms with Crippen LogP contribution < -0.4 is 4.74 Å². The first kappa shape index (κ1) is 9.38. The van der Waals surface area contributed by atoms with Crippen LogP contribution in [0.5, 0.6) is 11.5 Å². The van der Waals surface area contributed by atoms with Gasteiger partial charge in [0.05, 0.1) is 0 Å². The average Bonchev–Trinajstić information content (AvgIpc) is 2.03. The molecule has 1 rings (SSSR count). The molecule has 1 radical (unpaired) electrons. The first-order valence-electron chi connectivity index (χ1n) is 3.72. The van der Waals surface area contributed by atoms with Gasteiger partial charge in [-0.25, -0.2) is 4.79 Å². The maximum Gasteiger partial charge on any atom is 0.341 e. The van der Waals surface area contributed by atoms with Crippen molar-refractivity contribution in [3.05, 3.63) is 23.8 Å². The fraction of sp³-hybridized carbons (Fsp3) is 0.222. The van der Waals surface area contributed by atoms with Crippen LogP contribution in [0.1, 0.15) is 5.56 Å². The van der Waals surface area contributed by atoms with E-state index in [4.69, 9.17) is 9.84 Å². The van der Waals surface area contributed by atoms with Crippen LogP contribution in [0, 0.1) is 6.92 Å². The summed E-state index contributed by atoms with van der Waals surface area (Å²) in [5.41, 5.74) is 0.647. The summed E-state index contributed by atoms with van der Waals surface area (Å²) in [6.07, 6.45) is 0. The Morgan fingerprint density at radius 2 is 2.23 bits per heavy atom. The lowest BCUT2D eigenvalue weighted by atomic mass is 10.2. The van der Waals surface area contributed by atoms with Crippen molar-refractivity contribution in [1.82, 2.24) is 0 Å². The van der Waals surface area contributed by atoms with E-state index >= 15 is 0 Å². The molecule has 0 spiro atoms. The highest BCUT2D eigenvalue weighted by Gasteiger charge is 2.08. The lowest BCUT2D eigenvalue weighted by molar-refractivity contribution is -0.139. The Kier molecular flexibility index (Phi) is 2.74. The molecule has 0 saturated heterocycles. The number of hydrogen-bond donors (Lipinski definition) is 1. The summed E-state index contributed by atoms with van der Waals surface area (Å²) in [7, 11) is 0. The van der Waals surface area contributed by atoms with E-state index in [9.17, 15) is 9.90 Å². The topological polar surface area (TPSA) is 66.4 Å². The lowest BCUT2D eigenvalue weighted by Crippen LogP contribution is -2.10. The highest BCUT2D eigenvalue weighted by Crippen LogP contribution is 2.29. The first-order valence-corrected chi connectivity index (χ1v) is 3.72. The second-order valence-electron chi connectivity index (χ2n) is 2.58. The summed E-state index contributed by atoms with van der Waals surface area (Å²) in [4.78, 5) is 10.2. The Balaban J connectivity index is 2.81. The maximum atomic E-state index is 11.1. The maximum absolute atomic E-state index is 11.1. The minimum absolute atomic E-state index is 0.116. The summed E-state index contributed by atoms with van der Waals surface area (Å²) in [6.45, 7) is 1.21. The lowest BCUT2D eigenvalue weighted by Gasteiger charge is -2.06. The number of aryl methyl sites for hydroxylation is 1. The van der Waals surface area contributed by atoms with Crippen molar-refractivity contribution in [3.8, 4) is 11.5 Å². The van der Waals surface area contributed by atoms with E-state index in [1.807, 2.05) is 0 Å². The van der Waals surface area contributed by atoms with Crippen molar-refractivity contribution in [2.75, 3.05) is 6.61 Å². The van der Waals surface area contributed by atoms with Crippen molar-refractivity contribution in [2.24, 2.45) is 0 Å². The van der Waals surface area contributed by atoms with Crippen molar-refractivity contribution in [2.45, 2.75) is 6.92 Å². The molecule has 0 amide bonds. The summed E-state index contributed by atoms with van der Waals surface area (Å²) in [5, 5.41) is 19.5. The molecule has 0 aliphatic rings. The largest absolute Gasteiger partial charge is 0.479 e. The van der Waals surface area contributed by atoms with Gasteiger partial charge in [-0.3, -0.25) is 5.11 Å². The van der Waals surface area contributed by atoms with Gasteiger partial charge in [0.15, 0.2) is 12.4 Å². The third kappa shape index (κ3) is 2.37. The van der Waals surface area contributed by atoms with E-state index in [0.717, 1.165) is 0 Å². The van der Waals surface area contributed by atoms with E-state index in [1.54, 1.807) is 19.1 Å². The highest BCUT2D eigenvalue weighted by atomic mass is 16.5. The fourth-order valence-electron chi connectivity index (χ4n) is 0.944. The van der Waals surface area contributed by atoms with Gasteiger partial charge in [0, 0.05) is 0 Å². The third-order valence-electron chi connectivity index (χ3n) is 1.52. The van der Waals surface area contributed by atoms with E-state index in [-0.39, 0.29) is 11.5 Å². The van der Waals surface area contributed by atoms with Crippen LogP contribution in [0.4, 0.5) is 0 Å². The zero-order valence-corrected chi connectivity index (χ0v) is 7.11. The van der Waals surface area contributed by atoms with Gasteiger partial charge in [0.1, 0.15) is 0 Å². The van der Waals surface area contributed by atoms with Gasteiger partial charge in [-0.15, -0.1) is 0 Å². The number of carboxylic acid groups (broad SMARTS) is 1. The molecule has 0 unspecified atom stereocenters. The number of carboxylic acids is 1. The Hall–Kier alpha value is -1.71. The number of aliphatic carboxylic acids is 1. The van der Waals surface area contributed by atoms with Crippen LogP contribution in [0.2, 0.25) is 0 Å². The third-order valence-corrected chi connectivity index (χ3v) is 1.52. The van der Waals surface area contributed by atoms with Gasteiger partial charge in [-0.2, -0.15) is 0 Å². The molecule has 1 aromatic rings. The molecule has 0 aliphatic carbocycles. The molecule has 69 valence electrons. The second kappa shape index (κ2) is 3.80. The number of hydrogen-bond acceptors (Lipinski definition) is 2. The van der Waals surface area contributed by atoms with Gasteiger partial charge in [-0.1, -0.05) is 12.1 Å². The van der Waals surface area contributed by atoms with Crippen LogP contribution >= 0.6 is 0 Å². The Morgan fingerprint density at radius 1 is 1.54 bits per heavy atom. The first-order chi connectivity index (χ1) is 6.11. The van der Waals surface area contributed by atoms with Crippen molar-refractivity contribution in [3.63, 3.8) is 0 Å². The standard InChI is InChI=1S/C9H9O4/c1-6-3-2-4-7(10)9(6)13-5-8(11)12/h2-4H,5H2,1H3,(H,11,12). The Bertz CT molecular complexity index is 299. The molecular weight excluding hydrogens is 172 g/mol. The molecule has 0 aliphatic heterocycles. The number of carbonyl (C=O) groups is 1.